The first-order chi connectivity index (χ1) is 16.0. The van der Waals surface area contributed by atoms with Crippen LogP contribution in [0.1, 0.15) is 12.8 Å². The van der Waals surface area contributed by atoms with Gasteiger partial charge in [0.1, 0.15) is 6.07 Å². The summed E-state index contributed by atoms with van der Waals surface area (Å²) in [4.78, 5) is 40.2. The third-order valence-electron chi connectivity index (χ3n) is 6.36. The van der Waals surface area contributed by atoms with Crippen LogP contribution in [0.4, 0.5) is 17.1 Å². The number of carbonyl (C=O) groups is 2. The van der Waals surface area contributed by atoms with Gasteiger partial charge in [-0.25, -0.2) is 4.90 Å². The van der Waals surface area contributed by atoms with Crippen molar-refractivity contribution in [1.29, 1.82) is 5.26 Å². The molecule has 164 valence electrons. The van der Waals surface area contributed by atoms with Gasteiger partial charge in [-0.05, 0) is 37.1 Å². The smallest absolute Gasteiger partial charge is 0.269 e. The van der Waals surface area contributed by atoms with Gasteiger partial charge in [0.2, 0.25) is 11.8 Å². The molecule has 0 N–H and O–H groups in total. The molecule has 0 aliphatic carbocycles. The normalized spacial score (nSPS) is 25.4. The van der Waals surface area contributed by atoms with Crippen molar-refractivity contribution >= 4 is 28.9 Å². The zero-order chi connectivity index (χ0) is 23.1. The van der Waals surface area contributed by atoms with E-state index in [9.17, 15) is 25.0 Å². The summed E-state index contributed by atoms with van der Waals surface area (Å²) in [5, 5.41) is 28.9. The van der Waals surface area contributed by atoms with Gasteiger partial charge in [-0.3, -0.25) is 19.7 Å². The first-order valence-electron chi connectivity index (χ1n) is 10.5. The van der Waals surface area contributed by atoms with Crippen molar-refractivity contribution in [2.24, 2.45) is 22.1 Å². The lowest BCUT2D eigenvalue weighted by molar-refractivity contribution is -0.384. The van der Waals surface area contributed by atoms with Crippen molar-refractivity contribution in [3.05, 3.63) is 76.1 Å². The van der Waals surface area contributed by atoms with Crippen LogP contribution in [0.2, 0.25) is 0 Å². The van der Waals surface area contributed by atoms with Gasteiger partial charge in [-0.1, -0.05) is 18.2 Å². The monoisotopic (exact) mass is 442 g/mol. The molecule has 0 bridgehead atoms. The molecule has 3 aliphatic heterocycles. The van der Waals surface area contributed by atoms with E-state index in [1.807, 2.05) is 17.0 Å². The standard InChI is InChI=1S/C23H18N6O4/c24-13-17(26-25-14-8-10-16(11-9-14)29(32)33)21-20-19(18-7-4-12-27(18)21)22(30)28(23(20)31)15-5-2-1-3-6-15/h1-3,5-6,8-11,18-20H,4,7,12H2/b21-17-,26-25?/t18-,19+,20+/m1/s1. The number of nitro groups is 1. The fraction of sp³-hybridized carbons (Fsp3) is 0.261. The minimum absolute atomic E-state index is 0.0242. The van der Waals surface area contributed by atoms with Gasteiger partial charge >= 0.3 is 0 Å². The number of anilines is 1. The molecule has 5 rings (SSSR count). The lowest BCUT2D eigenvalue weighted by atomic mass is 9.89. The Hall–Kier alpha value is -4.39. The number of non-ortho nitro benzene ring substituents is 1. The van der Waals surface area contributed by atoms with Crippen LogP contribution in [-0.2, 0) is 9.59 Å². The number of hydrogen-bond acceptors (Lipinski definition) is 8. The highest BCUT2D eigenvalue weighted by molar-refractivity contribution is 6.23. The summed E-state index contributed by atoms with van der Waals surface area (Å²) in [6.07, 6.45) is 1.60. The van der Waals surface area contributed by atoms with E-state index in [1.165, 1.54) is 29.2 Å². The van der Waals surface area contributed by atoms with Crippen LogP contribution in [0, 0.1) is 33.3 Å². The Kier molecular flexibility index (Phi) is 4.94. The van der Waals surface area contributed by atoms with Crippen LogP contribution in [0.3, 0.4) is 0 Å². The molecule has 3 saturated heterocycles. The van der Waals surface area contributed by atoms with Gasteiger partial charge in [0, 0.05) is 24.7 Å². The Labute approximate surface area is 188 Å². The summed E-state index contributed by atoms with van der Waals surface area (Å²) in [6, 6.07) is 16.1. The summed E-state index contributed by atoms with van der Waals surface area (Å²) in [6.45, 7) is 0.636. The van der Waals surface area contributed by atoms with Crippen LogP contribution in [0.25, 0.3) is 0 Å². The van der Waals surface area contributed by atoms with Gasteiger partial charge in [0.15, 0.2) is 5.70 Å². The zero-order valence-corrected chi connectivity index (χ0v) is 17.4. The van der Waals surface area contributed by atoms with E-state index in [1.54, 1.807) is 24.3 Å². The largest absolute Gasteiger partial charge is 0.368 e. The van der Waals surface area contributed by atoms with Crippen LogP contribution >= 0.6 is 0 Å². The number of hydrogen-bond donors (Lipinski definition) is 0. The van der Waals surface area contributed by atoms with Crippen LogP contribution < -0.4 is 4.90 Å². The lowest BCUT2D eigenvalue weighted by Crippen LogP contribution is -2.37. The minimum atomic E-state index is -0.784. The third-order valence-corrected chi connectivity index (χ3v) is 6.36. The molecule has 33 heavy (non-hydrogen) atoms. The molecule has 0 saturated carbocycles. The SMILES string of the molecule is N#C/C(N=Nc1ccc([N+](=O)[O-])cc1)=C1\[C@H]2C(=O)N(c3ccccc3)C(=O)[C@H]2[C@H]2CCCN12. The first-order valence-corrected chi connectivity index (χ1v) is 10.5. The number of fused-ring (bicyclic) bond motifs is 3. The predicted octanol–water partition coefficient (Wildman–Crippen LogP) is 3.70. The third kappa shape index (κ3) is 3.25. The second kappa shape index (κ2) is 7.94. The van der Waals surface area contributed by atoms with Crippen LogP contribution in [-0.4, -0.2) is 34.2 Å². The zero-order valence-electron chi connectivity index (χ0n) is 17.4. The molecule has 0 radical (unpaired) electrons. The number of benzene rings is 2. The Morgan fingerprint density at radius 3 is 2.48 bits per heavy atom. The molecule has 3 fully saturated rings. The minimum Gasteiger partial charge on any atom is -0.368 e. The molecule has 10 heteroatoms. The fourth-order valence-electron chi connectivity index (χ4n) is 5.00. The summed E-state index contributed by atoms with van der Waals surface area (Å²) < 4.78 is 0. The molecule has 2 aromatic rings. The number of rotatable bonds is 4. The number of carbonyl (C=O) groups excluding carboxylic acids is 2. The van der Waals surface area contributed by atoms with Crippen molar-refractivity contribution in [3.8, 4) is 6.07 Å². The number of imide groups is 1. The quantitative estimate of drug-likeness (QED) is 0.233. The van der Waals surface area contributed by atoms with Crippen molar-refractivity contribution < 1.29 is 14.5 Å². The number of nitrogens with zero attached hydrogens (tertiary/aromatic N) is 6. The Morgan fingerprint density at radius 2 is 1.82 bits per heavy atom. The molecule has 2 aromatic carbocycles. The second-order valence-corrected chi connectivity index (χ2v) is 8.07. The highest BCUT2D eigenvalue weighted by Gasteiger charge is 2.61. The number of allylic oxidation sites excluding steroid dienone is 1. The Balaban J connectivity index is 1.54. The molecular formula is C23H18N6O4. The van der Waals surface area contributed by atoms with Gasteiger partial charge in [0.05, 0.1) is 33.8 Å². The van der Waals surface area contributed by atoms with Crippen LogP contribution in [0.5, 0.6) is 0 Å². The highest BCUT2D eigenvalue weighted by atomic mass is 16.6. The van der Waals surface area contributed by atoms with Gasteiger partial charge in [-0.15, -0.1) is 10.2 Å². The predicted molar refractivity (Wildman–Crippen MR) is 116 cm³/mol. The molecule has 0 unspecified atom stereocenters. The topological polar surface area (TPSA) is 132 Å². The Morgan fingerprint density at radius 1 is 1.09 bits per heavy atom. The maximum atomic E-state index is 13.4. The van der Waals surface area contributed by atoms with E-state index in [0.29, 0.717) is 23.6 Å². The van der Waals surface area contributed by atoms with E-state index in [0.717, 1.165) is 12.8 Å². The van der Waals surface area contributed by atoms with Crippen molar-refractivity contribution in [2.45, 2.75) is 18.9 Å². The summed E-state index contributed by atoms with van der Waals surface area (Å²) in [5.41, 5.74) is 1.18. The molecule has 0 aromatic heterocycles. The van der Waals surface area contributed by atoms with E-state index < -0.39 is 16.8 Å². The van der Waals surface area contributed by atoms with E-state index >= 15 is 0 Å². The number of amides is 2. The molecular weight excluding hydrogens is 424 g/mol. The second-order valence-electron chi connectivity index (χ2n) is 8.07. The highest BCUT2D eigenvalue weighted by Crippen LogP contribution is 2.50. The average molecular weight is 442 g/mol. The molecule has 10 nitrogen and oxygen atoms in total. The molecule has 3 heterocycles. The lowest BCUT2D eigenvalue weighted by Gasteiger charge is -2.25. The average Bonchev–Trinajstić information content (AvgIpc) is 3.48. The maximum absolute atomic E-state index is 13.4. The van der Waals surface area contributed by atoms with Crippen molar-refractivity contribution in [1.82, 2.24) is 4.90 Å². The molecule has 3 aliphatic rings. The number of nitriles is 1. The molecule has 0 spiro atoms. The Bertz CT molecular complexity index is 1250. The summed E-state index contributed by atoms with van der Waals surface area (Å²) in [5.74, 6) is -1.96. The number of para-hydroxylation sites is 1. The van der Waals surface area contributed by atoms with E-state index in [2.05, 4.69) is 10.2 Å². The van der Waals surface area contributed by atoms with E-state index in [4.69, 9.17) is 0 Å². The molecule has 3 atom stereocenters. The molecule has 2 amide bonds. The van der Waals surface area contributed by atoms with Crippen molar-refractivity contribution in [2.75, 3.05) is 11.4 Å². The van der Waals surface area contributed by atoms with Crippen molar-refractivity contribution in [3.63, 3.8) is 0 Å². The summed E-state index contributed by atoms with van der Waals surface area (Å²) >= 11 is 0. The first kappa shape index (κ1) is 20.5. The summed E-state index contributed by atoms with van der Waals surface area (Å²) in [7, 11) is 0. The maximum Gasteiger partial charge on any atom is 0.269 e. The number of nitro benzene ring substituents is 1. The van der Waals surface area contributed by atoms with Gasteiger partial charge in [-0.2, -0.15) is 5.26 Å². The number of azo groups is 1. The fourth-order valence-corrected chi connectivity index (χ4v) is 5.00. The van der Waals surface area contributed by atoms with Gasteiger partial charge in [0.25, 0.3) is 5.69 Å². The van der Waals surface area contributed by atoms with Crippen LogP contribution in [0.15, 0.2) is 76.2 Å². The van der Waals surface area contributed by atoms with E-state index in [-0.39, 0.29) is 29.2 Å². The van der Waals surface area contributed by atoms with Gasteiger partial charge < -0.3 is 4.90 Å².